The van der Waals surface area contributed by atoms with E-state index in [1.165, 1.54) is 5.46 Å². The minimum Gasteiger partial charge on any atom is -0.399 e. The molecule has 0 spiro atoms. The van der Waals surface area contributed by atoms with Gasteiger partial charge in [0.1, 0.15) is 7.85 Å². The van der Waals surface area contributed by atoms with Crippen LogP contribution in [0.3, 0.4) is 0 Å². The molecule has 0 amide bonds. The highest BCUT2D eigenvalue weighted by atomic mass is 79.9. The molecule has 0 radical (unpaired) electrons. The van der Waals surface area contributed by atoms with Crippen molar-refractivity contribution in [3.63, 3.8) is 0 Å². The van der Waals surface area contributed by atoms with Crippen molar-refractivity contribution in [2.75, 3.05) is 5.73 Å². The monoisotopic (exact) mass is 197 g/mol. The lowest BCUT2D eigenvalue weighted by atomic mass is 9.90. The third-order valence-corrected chi connectivity index (χ3v) is 2.62. The highest BCUT2D eigenvalue weighted by molar-refractivity contribution is 9.10. The maximum Gasteiger partial charge on any atom is 0.141 e. The predicted octanol–water partition coefficient (Wildman–Crippen LogP) is 0.598. The summed E-state index contributed by atoms with van der Waals surface area (Å²) in [5, 5.41) is 0. The van der Waals surface area contributed by atoms with Crippen molar-refractivity contribution in [3.8, 4) is 0 Å². The van der Waals surface area contributed by atoms with E-state index in [0.29, 0.717) is 0 Å². The highest BCUT2D eigenvalue weighted by Gasteiger charge is 1.99. The fourth-order valence-electron chi connectivity index (χ4n) is 0.809. The molecule has 3 heteroatoms. The predicted molar refractivity (Wildman–Crippen MR) is 51.5 cm³/mol. The van der Waals surface area contributed by atoms with Gasteiger partial charge in [-0.1, -0.05) is 21.4 Å². The Labute approximate surface area is 70.2 Å². The molecule has 0 heterocycles. The second-order valence-corrected chi connectivity index (χ2v) is 3.24. The van der Waals surface area contributed by atoms with Gasteiger partial charge >= 0.3 is 0 Å². The lowest BCUT2D eigenvalue weighted by Gasteiger charge is -2.04. The summed E-state index contributed by atoms with van der Waals surface area (Å²) >= 11 is 3.42. The second-order valence-electron chi connectivity index (χ2n) is 2.39. The number of nitrogen functional groups attached to an aromatic ring is 1. The summed E-state index contributed by atoms with van der Waals surface area (Å²) in [5.74, 6) is 0. The molecule has 1 aromatic rings. The molecular formula is C7H9BBrN. The Kier molecular flexibility index (Phi) is 2.04. The zero-order chi connectivity index (χ0) is 7.72. The normalized spacial score (nSPS) is 9.80. The van der Waals surface area contributed by atoms with E-state index in [1.54, 1.807) is 0 Å². The topological polar surface area (TPSA) is 26.0 Å². The molecule has 1 nitrogen and oxygen atoms in total. The van der Waals surface area contributed by atoms with Crippen molar-refractivity contribution in [1.29, 1.82) is 0 Å². The van der Waals surface area contributed by atoms with E-state index in [2.05, 4.69) is 23.8 Å². The molecule has 1 aromatic carbocycles. The molecule has 0 fully saturated rings. The quantitative estimate of drug-likeness (QED) is 0.479. The van der Waals surface area contributed by atoms with Gasteiger partial charge in [-0.15, -0.1) is 0 Å². The van der Waals surface area contributed by atoms with Crippen molar-refractivity contribution in [3.05, 3.63) is 22.2 Å². The zero-order valence-corrected chi connectivity index (χ0v) is 7.70. The van der Waals surface area contributed by atoms with E-state index < -0.39 is 0 Å². The van der Waals surface area contributed by atoms with Crippen LogP contribution in [0.2, 0.25) is 0 Å². The summed E-state index contributed by atoms with van der Waals surface area (Å²) in [6.45, 7) is 2.02. The molecule has 0 saturated heterocycles. The average Bonchev–Trinajstić information content (AvgIpc) is 1.93. The Morgan fingerprint density at radius 3 is 2.60 bits per heavy atom. The Hall–Kier alpha value is -0.435. The van der Waals surface area contributed by atoms with Gasteiger partial charge < -0.3 is 5.73 Å². The Morgan fingerprint density at radius 2 is 2.10 bits per heavy atom. The SMILES string of the molecule is Bc1c(Br)ccc(N)c1C. The number of hydrogen-bond acceptors (Lipinski definition) is 1. The molecule has 0 aliphatic carbocycles. The third kappa shape index (κ3) is 1.19. The number of anilines is 1. The fraction of sp³-hybridized carbons (Fsp3) is 0.143. The molecule has 0 aliphatic rings. The summed E-state index contributed by atoms with van der Waals surface area (Å²) in [4.78, 5) is 0. The lowest BCUT2D eigenvalue weighted by Crippen LogP contribution is -2.11. The number of hydrogen-bond donors (Lipinski definition) is 1. The zero-order valence-electron chi connectivity index (χ0n) is 6.11. The van der Waals surface area contributed by atoms with E-state index in [9.17, 15) is 0 Å². The molecule has 2 N–H and O–H groups in total. The minimum absolute atomic E-state index is 0.862. The summed E-state index contributed by atoms with van der Waals surface area (Å²) in [6, 6.07) is 3.88. The molecule has 0 saturated carbocycles. The first kappa shape index (κ1) is 7.67. The van der Waals surface area contributed by atoms with Crippen LogP contribution in [-0.2, 0) is 0 Å². The third-order valence-electron chi connectivity index (χ3n) is 1.76. The van der Waals surface area contributed by atoms with Gasteiger partial charge in [0.05, 0.1) is 0 Å². The first-order valence-electron chi connectivity index (χ1n) is 3.14. The van der Waals surface area contributed by atoms with Crippen LogP contribution in [0.5, 0.6) is 0 Å². The smallest absolute Gasteiger partial charge is 0.141 e. The van der Waals surface area contributed by atoms with Gasteiger partial charge in [-0.05, 0) is 24.6 Å². The van der Waals surface area contributed by atoms with Crippen LogP contribution < -0.4 is 11.2 Å². The van der Waals surface area contributed by atoms with Gasteiger partial charge in [-0.2, -0.15) is 0 Å². The molecule has 1 rings (SSSR count). The van der Waals surface area contributed by atoms with Gasteiger partial charge in [-0.3, -0.25) is 0 Å². The summed E-state index contributed by atoms with van der Waals surface area (Å²) in [7, 11) is 2.05. The van der Waals surface area contributed by atoms with Crippen molar-refractivity contribution in [2.45, 2.75) is 6.92 Å². The molecule has 10 heavy (non-hydrogen) atoms. The van der Waals surface area contributed by atoms with Gasteiger partial charge in [0.25, 0.3) is 0 Å². The fourth-order valence-corrected chi connectivity index (χ4v) is 1.24. The maximum atomic E-state index is 5.67. The molecule has 0 bridgehead atoms. The van der Waals surface area contributed by atoms with Crippen LogP contribution in [0.1, 0.15) is 5.56 Å². The van der Waals surface area contributed by atoms with Crippen LogP contribution in [0.4, 0.5) is 5.69 Å². The van der Waals surface area contributed by atoms with E-state index in [0.717, 1.165) is 15.7 Å². The molecule has 0 aliphatic heterocycles. The molecule has 52 valence electrons. The van der Waals surface area contributed by atoms with Gasteiger partial charge in [0.2, 0.25) is 0 Å². The van der Waals surface area contributed by atoms with Crippen LogP contribution in [0, 0.1) is 6.92 Å². The number of halogens is 1. The maximum absolute atomic E-state index is 5.67. The van der Waals surface area contributed by atoms with Gasteiger partial charge in [0, 0.05) is 10.2 Å². The minimum atomic E-state index is 0.862. The largest absolute Gasteiger partial charge is 0.399 e. The van der Waals surface area contributed by atoms with Crippen molar-refractivity contribution in [1.82, 2.24) is 0 Å². The second kappa shape index (κ2) is 2.66. The van der Waals surface area contributed by atoms with Crippen LogP contribution in [0.15, 0.2) is 16.6 Å². The average molecular weight is 198 g/mol. The Morgan fingerprint density at radius 1 is 1.50 bits per heavy atom. The standard InChI is InChI=1S/C7H9BBrN/c1-4-6(10)3-2-5(9)7(4)8/h2-3H,8,10H2,1H3. The van der Waals surface area contributed by atoms with Crippen LogP contribution in [0.25, 0.3) is 0 Å². The van der Waals surface area contributed by atoms with Crippen molar-refractivity contribution in [2.24, 2.45) is 0 Å². The molecular weight excluding hydrogens is 189 g/mol. The van der Waals surface area contributed by atoms with Gasteiger partial charge in [0.15, 0.2) is 0 Å². The molecule has 0 aromatic heterocycles. The van der Waals surface area contributed by atoms with Crippen LogP contribution in [-0.4, -0.2) is 7.85 Å². The van der Waals surface area contributed by atoms with E-state index in [4.69, 9.17) is 5.73 Å². The molecule has 0 unspecified atom stereocenters. The number of benzene rings is 1. The molecule has 0 atom stereocenters. The summed E-state index contributed by atoms with van der Waals surface area (Å²) in [5.41, 5.74) is 8.91. The Balaban J connectivity index is 3.34. The van der Waals surface area contributed by atoms with E-state index >= 15 is 0 Å². The van der Waals surface area contributed by atoms with Gasteiger partial charge in [-0.25, -0.2) is 0 Å². The first-order valence-corrected chi connectivity index (χ1v) is 3.93. The van der Waals surface area contributed by atoms with Crippen molar-refractivity contribution < 1.29 is 0 Å². The van der Waals surface area contributed by atoms with Crippen molar-refractivity contribution >= 4 is 34.9 Å². The summed E-state index contributed by atoms with van der Waals surface area (Å²) < 4.78 is 1.12. The highest BCUT2D eigenvalue weighted by Crippen LogP contribution is 2.13. The first-order chi connectivity index (χ1) is 4.63. The lowest BCUT2D eigenvalue weighted by molar-refractivity contribution is 1.50. The summed E-state index contributed by atoms with van der Waals surface area (Å²) in [6.07, 6.45) is 0. The van der Waals surface area contributed by atoms with Crippen LogP contribution >= 0.6 is 15.9 Å². The Bertz CT molecular complexity index is 233. The number of rotatable bonds is 0. The van der Waals surface area contributed by atoms with E-state index in [-0.39, 0.29) is 0 Å². The number of nitrogens with two attached hydrogens (primary N) is 1. The van der Waals surface area contributed by atoms with E-state index in [1.807, 2.05) is 19.1 Å².